The number of allylic oxidation sites excluding steroid dienone is 1. The first kappa shape index (κ1) is 9.56. The zero-order valence-corrected chi connectivity index (χ0v) is 8.46. The van der Waals surface area contributed by atoms with Crippen LogP contribution < -0.4 is 10.6 Å². The van der Waals surface area contributed by atoms with Crippen LogP contribution in [0, 0.1) is 5.92 Å². The maximum absolute atomic E-state index is 11.3. The Labute approximate surface area is 84.9 Å². The van der Waals surface area contributed by atoms with Crippen molar-refractivity contribution in [2.75, 3.05) is 0 Å². The molecule has 0 atom stereocenters. The molecule has 14 heavy (non-hydrogen) atoms. The molecule has 0 unspecified atom stereocenters. The van der Waals surface area contributed by atoms with Crippen molar-refractivity contribution in [3.8, 4) is 0 Å². The van der Waals surface area contributed by atoms with E-state index in [-0.39, 0.29) is 6.03 Å². The summed E-state index contributed by atoms with van der Waals surface area (Å²) in [4.78, 5) is 11.3. The normalized spacial score (nSPS) is 22.9. The summed E-state index contributed by atoms with van der Waals surface area (Å²) in [5.41, 5.74) is 0. The van der Waals surface area contributed by atoms with E-state index in [1.807, 2.05) is 0 Å². The highest BCUT2D eigenvalue weighted by Crippen LogP contribution is 2.29. The molecule has 0 saturated heterocycles. The molecule has 3 heteroatoms. The van der Waals surface area contributed by atoms with Gasteiger partial charge in [0.05, 0.1) is 0 Å². The van der Waals surface area contributed by atoms with Gasteiger partial charge in [-0.3, -0.25) is 0 Å². The van der Waals surface area contributed by atoms with Gasteiger partial charge in [-0.2, -0.15) is 0 Å². The fraction of sp³-hybridized carbons (Fsp3) is 0.727. The molecule has 2 aliphatic rings. The summed E-state index contributed by atoms with van der Waals surface area (Å²) >= 11 is 0. The van der Waals surface area contributed by atoms with Crippen LogP contribution in [0.5, 0.6) is 0 Å². The molecule has 3 nitrogen and oxygen atoms in total. The third kappa shape index (κ3) is 3.05. The quantitative estimate of drug-likeness (QED) is 0.710. The molecule has 2 saturated carbocycles. The average Bonchev–Trinajstić information content (AvgIpc) is 2.83. The predicted molar refractivity (Wildman–Crippen MR) is 55.8 cm³/mol. The number of amides is 2. The van der Waals surface area contributed by atoms with Gasteiger partial charge in [-0.25, -0.2) is 4.79 Å². The second-order valence-electron chi connectivity index (χ2n) is 4.30. The van der Waals surface area contributed by atoms with E-state index < -0.39 is 0 Å². The lowest BCUT2D eigenvalue weighted by molar-refractivity contribution is 0.240. The maximum Gasteiger partial charge on any atom is 0.318 e. The van der Waals surface area contributed by atoms with E-state index in [1.54, 1.807) is 6.20 Å². The Morgan fingerprint density at radius 3 is 2.50 bits per heavy atom. The Morgan fingerprint density at radius 1 is 1.14 bits per heavy atom. The molecule has 78 valence electrons. The van der Waals surface area contributed by atoms with Gasteiger partial charge in [-0.05, 0) is 31.6 Å². The standard InChI is InChI=1S/C11H18N2O/c14-11(12-8-7-9-5-6-9)13-10-3-1-2-4-10/h7-10H,1-6H2,(H2,12,13,14)/b8-7+. The van der Waals surface area contributed by atoms with E-state index in [1.165, 1.54) is 25.7 Å². The van der Waals surface area contributed by atoms with Gasteiger partial charge in [0.2, 0.25) is 0 Å². The third-order valence-corrected chi connectivity index (χ3v) is 2.90. The van der Waals surface area contributed by atoms with Crippen molar-refractivity contribution in [1.82, 2.24) is 10.6 Å². The van der Waals surface area contributed by atoms with Crippen molar-refractivity contribution in [2.45, 2.75) is 44.6 Å². The van der Waals surface area contributed by atoms with Crippen molar-refractivity contribution in [3.05, 3.63) is 12.3 Å². The Kier molecular flexibility index (Phi) is 3.07. The second-order valence-corrected chi connectivity index (χ2v) is 4.30. The second kappa shape index (κ2) is 4.49. The molecule has 0 aromatic carbocycles. The van der Waals surface area contributed by atoms with Gasteiger partial charge in [0, 0.05) is 12.2 Å². The minimum absolute atomic E-state index is 0.0474. The number of hydrogen-bond acceptors (Lipinski definition) is 1. The number of carbonyl (C=O) groups is 1. The molecule has 2 N–H and O–H groups in total. The van der Waals surface area contributed by atoms with Crippen LogP contribution in [0.2, 0.25) is 0 Å². The number of hydrogen-bond donors (Lipinski definition) is 2. The van der Waals surface area contributed by atoms with Crippen LogP contribution >= 0.6 is 0 Å². The summed E-state index contributed by atoms with van der Waals surface area (Å²) in [6.45, 7) is 0. The molecular formula is C11H18N2O. The van der Waals surface area contributed by atoms with E-state index in [0.29, 0.717) is 6.04 Å². The van der Waals surface area contributed by atoms with Crippen molar-refractivity contribution in [1.29, 1.82) is 0 Å². The van der Waals surface area contributed by atoms with Crippen molar-refractivity contribution >= 4 is 6.03 Å². The molecule has 0 radical (unpaired) electrons. The van der Waals surface area contributed by atoms with Crippen LogP contribution in [0.1, 0.15) is 38.5 Å². The minimum Gasteiger partial charge on any atom is -0.335 e. The zero-order valence-electron chi connectivity index (χ0n) is 8.46. The highest BCUT2D eigenvalue weighted by Gasteiger charge is 2.18. The van der Waals surface area contributed by atoms with Gasteiger partial charge in [0.25, 0.3) is 0 Å². The van der Waals surface area contributed by atoms with Crippen molar-refractivity contribution < 1.29 is 4.79 Å². The fourth-order valence-corrected chi connectivity index (χ4v) is 1.85. The van der Waals surface area contributed by atoms with Crippen molar-refractivity contribution in [2.24, 2.45) is 5.92 Å². The molecule has 2 aliphatic carbocycles. The summed E-state index contributed by atoms with van der Waals surface area (Å²) in [6.07, 6.45) is 11.2. The van der Waals surface area contributed by atoms with Gasteiger partial charge in [0.1, 0.15) is 0 Å². The van der Waals surface area contributed by atoms with E-state index in [0.717, 1.165) is 18.8 Å². The lowest BCUT2D eigenvalue weighted by Crippen LogP contribution is -2.38. The van der Waals surface area contributed by atoms with Crippen molar-refractivity contribution in [3.63, 3.8) is 0 Å². The smallest absolute Gasteiger partial charge is 0.318 e. The Bertz CT molecular complexity index is 227. The molecule has 0 aliphatic heterocycles. The van der Waals surface area contributed by atoms with Gasteiger partial charge < -0.3 is 10.6 Å². The van der Waals surface area contributed by atoms with Crippen LogP contribution in [-0.4, -0.2) is 12.1 Å². The minimum atomic E-state index is -0.0474. The molecular weight excluding hydrogens is 176 g/mol. The maximum atomic E-state index is 11.3. The largest absolute Gasteiger partial charge is 0.335 e. The summed E-state index contributed by atoms with van der Waals surface area (Å²) in [5, 5.41) is 5.72. The highest BCUT2D eigenvalue weighted by molar-refractivity contribution is 5.75. The summed E-state index contributed by atoms with van der Waals surface area (Å²) in [6, 6.07) is 0.359. The molecule has 0 aromatic heterocycles. The zero-order chi connectivity index (χ0) is 9.80. The van der Waals surface area contributed by atoms with Gasteiger partial charge in [-0.1, -0.05) is 18.9 Å². The monoisotopic (exact) mass is 194 g/mol. The Hall–Kier alpha value is -0.990. The lowest BCUT2D eigenvalue weighted by Gasteiger charge is -2.10. The van der Waals surface area contributed by atoms with Crippen LogP contribution in [0.4, 0.5) is 4.79 Å². The lowest BCUT2D eigenvalue weighted by atomic mass is 10.3. The SMILES string of the molecule is O=C(N/C=C/C1CC1)NC1CCCC1. The summed E-state index contributed by atoms with van der Waals surface area (Å²) in [7, 11) is 0. The molecule has 0 bridgehead atoms. The topological polar surface area (TPSA) is 41.1 Å². The van der Waals surface area contributed by atoms with E-state index in [4.69, 9.17) is 0 Å². The third-order valence-electron chi connectivity index (χ3n) is 2.90. The molecule has 0 heterocycles. The van der Waals surface area contributed by atoms with Crippen LogP contribution in [0.25, 0.3) is 0 Å². The first-order chi connectivity index (χ1) is 6.84. The van der Waals surface area contributed by atoms with Gasteiger partial charge in [-0.15, -0.1) is 0 Å². The average molecular weight is 194 g/mol. The highest BCUT2D eigenvalue weighted by atomic mass is 16.2. The summed E-state index contributed by atoms with van der Waals surface area (Å²) in [5.74, 6) is 0.724. The molecule has 0 aromatic rings. The first-order valence-electron chi connectivity index (χ1n) is 5.58. The molecule has 2 rings (SSSR count). The van der Waals surface area contributed by atoms with E-state index in [9.17, 15) is 4.79 Å². The number of urea groups is 1. The number of nitrogens with one attached hydrogen (secondary N) is 2. The number of carbonyl (C=O) groups excluding carboxylic acids is 1. The Balaban J connectivity index is 1.61. The predicted octanol–water partition coefficient (Wildman–Crippen LogP) is 2.15. The fourth-order valence-electron chi connectivity index (χ4n) is 1.85. The van der Waals surface area contributed by atoms with Crippen LogP contribution in [0.3, 0.4) is 0 Å². The van der Waals surface area contributed by atoms with Crippen LogP contribution in [-0.2, 0) is 0 Å². The van der Waals surface area contributed by atoms with E-state index >= 15 is 0 Å². The van der Waals surface area contributed by atoms with Crippen LogP contribution in [0.15, 0.2) is 12.3 Å². The molecule has 2 amide bonds. The van der Waals surface area contributed by atoms with Gasteiger partial charge >= 0.3 is 6.03 Å². The molecule has 2 fully saturated rings. The number of rotatable bonds is 3. The Morgan fingerprint density at radius 2 is 1.86 bits per heavy atom. The summed E-state index contributed by atoms with van der Waals surface area (Å²) < 4.78 is 0. The van der Waals surface area contributed by atoms with E-state index in [2.05, 4.69) is 16.7 Å². The molecule has 0 spiro atoms. The van der Waals surface area contributed by atoms with Gasteiger partial charge in [0.15, 0.2) is 0 Å². The first-order valence-corrected chi connectivity index (χ1v) is 5.58.